The first kappa shape index (κ1) is 19.8. The summed E-state index contributed by atoms with van der Waals surface area (Å²) in [5.41, 5.74) is -1.92. The molecule has 0 spiro atoms. The van der Waals surface area contributed by atoms with Crippen molar-refractivity contribution in [1.82, 2.24) is 15.3 Å². The lowest BCUT2D eigenvalue weighted by molar-refractivity contribution is 0.0835. The van der Waals surface area contributed by atoms with Crippen LogP contribution in [0.1, 0.15) is 12.8 Å². The number of thioether (sulfide) groups is 1. The van der Waals surface area contributed by atoms with E-state index in [1.54, 1.807) is 6.26 Å². The Balaban J connectivity index is 1.89. The summed E-state index contributed by atoms with van der Waals surface area (Å²) in [4.78, 5) is 18.9. The normalized spacial score (nSPS) is 15.7. The molecule has 0 saturated heterocycles. The van der Waals surface area contributed by atoms with Gasteiger partial charge in [-0.3, -0.25) is 4.79 Å². The molecule has 0 atom stereocenters. The summed E-state index contributed by atoms with van der Waals surface area (Å²) in [5.74, 6) is -0.813. The molecule has 26 heavy (non-hydrogen) atoms. The molecule has 1 aromatic heterocycles. The predicted octanol–water partition coefficient (Wildman–Crippen LogP) is 3.97. The first-order valence-electron chi connectivity index (χ1n) is 7.61. The first-order chi connectivity index (χ1) is 12.3. The van der Waals surface area contributed by atoms with Crippen LogP contribution in [0.3, 0.4) is 0 Å². The summed E-state index contributed by atoms with van der Waals surface area (Å²) in [6, 6.07) is 0. The highest BCUT2D eigenvalue weighted by Gasteiger charge is 2.50. The Morgan fingerprint density at radius 3 is 2.77 bits per heavy atom. The molecule has 1 heterocycles. The first-order valence-corrected chi connectivity index (χ1v) is 10.0. The van der Waals surface area contributed by atoms with Crippen molar-refractivity contribution in [3.8, 4) is 5.75 Å². The second kappa shape index (κ2) is 7.57. The molecule has 1 saturated carbocycles. The van der Waals surface area contributed by atoms with Gasteiger partial charge in [-0.1, -0.05) is 23.4 Å². The standard InChI is InChI=1S/C15H14BrClF3N3O2S/c1-26-14-22-10-6(12(24)23-14)11(8(17)7(16)9(10)18)25-5-4-21-15(2-3-15)13(19)20/h13,21H,2-5H2,1H3,(H,22,23,24). The third-order valence-corrected chi connectivity index (χ3v) is 6.06. The number of hydrogen-bond donors (Lipinski definition) is 2. The molecule has 1 aromatic carbocycles. The second-order valence-corrected chi connectivity index (χ2v) is 7.77. The number of nitrogens with zero attached hydrogens (tertiary/aromatic N) is 1. The monoisotopic (exact) mass is 471 g/mol. The van der Waals surface area contributed by atoms with E-state index in [4.69, 9.17) is 16.3 Å². The number of rotatable bonds is 7. The maximum Gasteiger partial charge on any atom is 0.263 e. The summed E-state index contributed by atoms with van der Waals surface area (Å²) < 4.78 is 45.7. The van der Waals surface area contributed by atoms with Gasteiger partial charge < -0.3 is 15.0 Å². The Bertz CT molecular complexity index is 908. The Hall–Kier alpha value is -0.970. The number of fused-ring (bicyclic) bond motifs is 1. The van der Waals surface area contributed by atoms with Crippen LogP contribution in [-0.4, -0.2) is 41.3 Å². The van der Waals surface area contributed by atoms with E-state index in [0.717, 1.165) is 11.8 Å². The Morgan fingerprint density at radius 2 is 2.19 bits per heavy atom. The van der Waals surface area contributed by atoms with E-state index in [2.05, 4.69) is 31.2 Å². The quantitative estimate of drug-likeness (QED) is 0.276. The fourth-order valence-electron chi connectivity index (χ4n) is 2.52. The molecular formula is C15H14BrClF3N3O2S. The Labute approximate surface area is 164 Å². The lowest BCUT2D eigenvalue weighted by Gasteiger charge is -2.17. The molecule has 0 aliphatic heterocycles. The fraction of sp³-hybridized carbons (Fsp3) is 0.467. The van der Waals surface area contributed by atoms with Gasteiger partial charge in [0.2, 0.25) is 0 Å². The van der Waals surface area contributed by atoms with Gasteiger partial charge in [-0.2, -0.15) is 0 Å². The van der Waals surface area contributed by atoms with Gasteiger partial charge in [-0.25, -0.2) is 18.2 Å². The third-order valence-electron chi connectivity index (χ3n) is 4.14. The van der Waals surface area contributed by atoms with Gasteiger partial charge in [-0.05, 0) is 35.0 Å². The van der Waals surface area contributed by atoms with Gasteiger partial charge in [0.1, 0.15) is 22.5 Å². The Morgan fingerprint density at radius 1 is 1.50 bits per heavy atom. The van der Waals surface area contributed by atoms with Crippen molar-refractivity contribution in [2.24, 2.45) is 0 Å². The van der Waals surface area contributed by atoms with Crippen LogP contribution in [0, 0.1) is 5.82 Å². The van der Waals surface area contributed by atoms with Crippen LogP contribution in [0.15, 0.2) is 14.4 Å². The van der Waals surface area contributed by atoms with Gasteiger partial charge in [-0.15, -0.1) is 0 Å². The maximum atomic E-state index is 14.5. The highest BCUT2D eigenvalue weighted by Crippen LogP contribution is 2.41. The highest BCUT2D eigenvalue weighted by atomic mass is 79.9. The molecule has 1 fully saturated rings. The van der Waals surface area contributed by atoms with Crippen molar-refractivity contribution in [2.45, 2.75) is 30.0 Å². The van der Waals surface area contributed by atoms with Crippen molar-refractivity contribution in [3.63, 3.8) is 0 Å². The minimum atomic E-state index is -2.45. The molecule has 0 radical (unpaired) electrons. The van der Waals surface area contributed by atoms with E-state index in [1.807, 2.05) is 0 Å². The van der Waals surface area contributed by atoms with Gasteiger partial charge in [0, 0.05) is 6.54 Å². The lowest BCUT2D eigenvalue weighted by atomic mass is 10.2. The van der Waals surface area contributed by atoms with Gasteiger partial charge in [0.15, 0.2) is 16.7 Å². The molecule has 2 N–H and O–H groups in total. The van der Waals surface area contributed by atoms with E-state index in [-0.39, 0.29) is 44.5 Å². The summed E-state index contributed by atoms with van der Waals surface area (Å²) in [6.07, 6.45) is 0.0331. The molecule has 5 nitrogen and oxygen atoms in total. The molecule has 142 valence electrons. The summed E-state index contributed by atoms with van der Waals surface area (Å²) in [5, 5.41) is 2.77. The number of aromatic nitrogens is 2. The van der Waals surface area contributed by atoms with Gasteiger partial charge >= 0.3 is 0 Å². The van der Waals surface area contributed by atoms with Crippen molar-refractivity contribution in [3.05, 3.63) is 25.7 Å². The van der Waals surface area contributed by atoms with E-state index >= 15 is 0 Å². The maximum absolute atomic E-state index is 14.5. The van der Waals surface area contributed by atoms with Gasteiger partial charge in [0.05, 0.1) is 10.0 Å². The number of H-pyrrole nitrogens is 1. The van der Waals surface area contributed by atoms with E-state index < -0.39 is 23.3 Å². The Kier molecular flexibility index (Phi) is 5.76. The molecular weight excluding hydrogens is 459 g/mol. The van der Waals surface area contributed by atoms with Crippen LogP contribution in [-0.2, 0) is 0 Å². The fourth-order valence-corrected chi connectivity index (χ4v) is 3.50. The van der Waals surface area contributed by atoms with Gasteiger partial charge in [0.25, 0.3) is 12.0 Å². The van der Waals surface area contributed by atoms with E-state index in [0.29, 0.717) is 12.8 Å². The molecule has 2 aromatic rings. The largest absolute Gasteiger partial charge is 0.490 e. The van der Waals surface area contributed by atoms with Crippen LogP contribution >= 0.6 is 39.3 Å². The topological polar surface area (TPSA) is 67.0 Å². The summed E-state index contributed by atoms with van der Waals surface area (Å²) in [6.45, 7) is 0.108. The third kappa shape index (κ3) is 3.56. The molecule has 0 amide bonds. The van der Waals surface area contributed by atoms with E-state index in [1.165, 1.54) is 0 Å². The smallest absolute Gasteiger partial charge is 0.263 e. The zero-order valence-electron chi connectivity index (χ0n) is 13.5. The highest BCUT2D eigenvalue weighted by molar-refractivity contribution is 9.10. The molecule has 11 heteroatoms. The number of benzene rings is 1. The van der Waals surface area contributed by atoms with E-state index in [9.17, 15) is 18.0 Å². The molecule has 0 unspecified atom stereocenters. The van der Waals surface area contributed by atoms with Crippen molar-refractivity contribution in [2.75, 3.05) is 19.4 Å². The number of nitrogens with one attached hydrogen (secondary N) is 2. The van der Waals surface area contributed by atoms with Crippen LogP contribution in [0.4, 0.5) is 13.2 Å². The number of ether oxygens (including phenoxy) is 1. The van der Waals surface area contributed by atoms with Crippen molar-refractivity contribution >= 4 is 50.2 Å². The number of aromatic amines is 1. The summed E-state index contributed by atoms with van der Waals surface area (Å²) in [7, 11) is 0. The average Bonchev–Trinajstić information content (AvgIpc) is 3.40. The molecule has 1 aliphatic rings. The number of halogens is 5. The zero-order valence-corrected chi connectivity index (χ0v) is 16.6. The second-order valence-electron chi connectivity index (χ2n) is 5.80. The van der Waals surface area contributed by atoms with Crippen LogP contribution in [0.25, 0.3) is 10.9 Å². The SMILES string of the molecule is CSc1nc2c(F)c(Br)c(Cl)c(OCCNC3(C(F)F)CC3)c2c(=O)[nH]1. The summed E-state index contributed by atoms with van der Waals surface area (Å²) >= 11 is 10.3. The average molecular weight is 473 g/mol. The van der Waals surface area contributed by atoms with Crippen molar-refractivity contribution in [1.29, 1.82) is 0 Å². The van der Waals surface area contributed by atoms with Crippen LogP contribution in [0.2, 0.25) is 5.02 Å². The molecule has 1 aliphatic carbocycles. The number of alkyl halides is 2. The molecule has 3 rings (SSSR count). The van der Waals surface area contributed by atoms with Crippen LogP contribution in [0.5, 0.6) is 5.75 Å². The lowest BCUT2D eigenvalue weighted by Crippen LogP contribution is -2.40. The zero-order chi connectivity index (χ0) is 19.1. The van der Waals surface area contributed by atoms with Crippen LogP contribution < -0.4 is 15.6 Å². The number of hydrogen-bond acceptors (Lipinski definition) is 5. The predicted molar refractivity (Wildman–Crippen MR) is 98.3 cm³/mol. The van der Waals surface area contributed by atoms with Crippen molar-refractivity contribution < 1.29 is 17.9 Å². The minimum Gasteiger partial charge on any atom is -0.490 e. The molecule has 0 bridgehead atoms. The minimum absolute atomic E-state index is 0.0227.